The van der Waals surface area contributed by atoms with Crippen LogP contribution in [0.1, 0.15) is 29.3 Å². The fraction of sp³-hybridized carbons (Fsp3) is 0.273. The van der Waals surface area contributed by atoms with Crippen LogP contribution in [-0.2, 0) is 25.5 Å². The van der Waals surface area contributed by atoms with Gasteiger partial charge in [0.1, 0.15) is 0 Å². The SMILES string of the molecule is CCc1cc(Br)ccc1NC(=O)COC(=O)[C@@H]1CC(=O)N(NC(=O)c2ccc([N+](=O)[O-])cc2)C1. The highest BCUT2D eigenvalue weighted by Crippen LogP contribution is 2.22. The first kappa shape index (κ1) is 24.8. The van der Waals surface area contributed by atoms with Gasteiger partial charge in [0.15, 0.2) is 6.61 Å². The number of nitro benzene ring substituents is 1. The molecule has 2 aromatic carbocycles. The van der Waals surface area contributed by atoms with Crippen molar-refractivity contribution in [1.29, 1.82) is 0 Å². The minimum Gasteiger partial charge on any atom is -0.455 e. The highest BCUT2D eigenvalue weighted by molar-refractivity contribution is 9.10. The van der Waals surface area contributed by atoms with Crippen molar-refractivity contribution in [2.75, 3.05) is 18.5 Å². The Morgan fingerprint density at radius 1 is 1.21 bits per heavy atom. The van der Waals surface area contributed by atoms with E-state index in [1.54, 1.807) is 12.1 Å². The molecule has 11 nitrogen and oxygen atoms in total. The zero-order chi connectivity index (χ0) is 24.8. The summed E-state index contributed by atoms with van der Waals surface area (Å²) in [7, 11) is 0. The van der Waals surface area contributed by atoms with Gasteiger partial charge in [0.25, 0.3) is 17.5 Å². The number of halogens is 1. The Kier molecular flexibility index (Phi) is 7.95. The molecule has 1 atom stereocenters. The number of aryl methyl sites for hydroxylation is 1. The quantitative estimate of drug-likeness (QED) is 0.301. The number of nitrogens with one attached hydrogen (secondary N) is 2. The lowest BCUT2D eigenvalue weighted by Crippen LogP contribution is -2.43. The minimum absolute atomic E-state index is 0.112. The largest absolute Gasteiger partial charge is 0.455 e. The first-order valence-corrected chi connectivity index (χ1v) is 11.1. The molecule has 1 fully saturated rings. The van der Waals surface area contributed by atoms with Gasteiger partial charge in [0, 0.05) is 34.3 Å². The van der Waals surface area contributed by atoms with Crippen molar-refractivity contribution in [2.45, 2.75) is 19.8 Å². The number of amides is 3. The maximum Gasteiger partial charge on any atom is 0.311 e. The predicted octanol–water partition coefficient (Wildman–Crippen LogP) is 2.59. The number of ether oxygens (including phenoxy) is 1. The van der Waals surface area contributed by atoms with Crippen molar-refractivity contribution in [2.24, 2.45) is 5.92 Å². The number of carbonyl (C=O) groups excluding carboxylic acids is 4. The molecule has 1 aliphatic heterocycles. The molecule has 0 radical (unpaired) electrons. The lowest BCUT2D eigenvalue weighted by molar-refractivity contribution is -0.384. The van der Waals surface area contributed by atoms with Crippen LogP contribution in [0.2, 0.25) is 0 Å². The summed E-state index contributed by atoms with van der Waals surface area (Å²) in [5.41, 5.74) is 3.84. The molecule has 0 bridgehead atoms. The highest BCUT2D eigenvalue weighted by atomic mass is 79.9. The number of nitro groups is 1. The number of carbonyl (C=O) groups is 4. The molecule has 12 heteroatoms. The molecule has 0 saturated carbocycles. The number of benzene rings is 2. The van der Waals surface area contributed by atoms with Crippen molar-refractivity contribution in [3.05, 3.63) is 68.2 Å². The van der Waals surface area contributed by atoms with E-state index >= 15 is 0 Å². The first-order chi connectivity index (χ1) is 16.2. The number of nitrogens with zero attached hydrogens (tertiary/aromatic N) is 2. The summed E-state index contributed by atoms with van der Waals surface area (Å²) in [5.74, 6) is -3.25. The van der Waals surface area contributed by atoms with Gasteiger partial charge in [-0.05, 0) is 42.3 Å². The second-order valence-electron chi connectivity index (χ2n) is 7.46. The van der Waals surface area contributed by atoms with E-state index in [1.807, 2.05) is 13.0 Å². The molecule has 3 amide bonds. The van der Waals surface area contributed by atoms with Gasteiger partial charge in [-0.3, -0.25) is 39.7 Å². The molecule has 0 spiro atoms. The van der Waals surface area contributed by atoms with Crippen LogP contribution in [0.15, 0.2) is 46.9 Å². The number of hydrogen-bond acceptors (Lipinski definition) is 7. The van der Waals surface area contributed by atoms with Crippen molar-refractivity contribution < 1.29 is 28.8 Å². The Morgan fingerprint density at radius 3 is 2.56 bits per heavy atom. The van der Waals surface area contributed by atoms with Crippen LogP contribution in [0.5, 0.6) is 0 Å². The third-order valence-electron chi connectivity index (χ3n) is 5.10. The van der Waals surface area contributed by atoms with Crippen LogP contribution in [0.3, 0.4) is 0 Å². The summed E-state index contributed by atoms with van der Waals surface area (Å²) in [6, 6.07) is 10.3. The van der Waals surface area contributed by atoms with Crippen LogP contribution in [0.25, 0.3) is 0 Å². The average molecular weight is 533 g/mol. The van der Waals surface area contributed by atoms with Crippen LogP contribution in [0.4, 0.5) is 11.4 Å². The molecular weight excluding hydrogens is 512 g/mol. The summed E-state index contributed by atoms with van der Waals surface area (Å²) < 4.78 is 5.94. The summed E-state index contributed by atoms with van der Waals surface area (Å²) in [5, 5.41) is 14.4. The van der Waals surface area contributed by atoms with E-state index in [0.29, 0.717) is 12.1 Å². The van der Waals surface area contributed by atoms with Crippen LogP contribution < -0.4 is 10.7 Å². The molecule has 2 N–H and O–H groups in total. The average Bonchev–Trinajstić information content (AvgIpc) is 3.18. The summed E-state index contributed by atoms with van der Waals surface area (Å²) in [6.45, 7) is 1.31. The lowest BCUT2D eigenvalue weighted by atomic mass is 10.1. The van der Waals surface area contributed by atoms with E-state index in [1.165, 1.54) is 24.3 Å². The van der Waals surface area contributed by atoms with Crippen LogP contribution >= 0.6 is 15.9 Å². The van der Waals surface area contributed by atoms with E-state index in [4.69, 9.17) is 4.74 Å². The molecule has 34 heavy (non-hydrogen) atoms. The van der Waals surface area contributed by atoms with E-state index < -0.39 is 41.1 Å². The molecule has 1 aliphatic rings. The van der Waals surface area contributed by atoms with Crippen molar-refractivity contribution in [3.8, 4) is 0 Å². The van der Waals surface area contributed by atoms with Gasteiger partial charge in [-0.25, -0.2) is 0 Å². The van der Waals surface area contributed by atoms with Crippen LogP contribution in [-0.4, -0.2) is 46.8 Å². The minimum atomic E-state index is -0.851. The second kappa shape index (κ2) is 10.9. The van der Waals surface area contributed by atoms with Gasteiger partial charge in [0.2, 0.25) is 5.91 Å². The van der Waals surface area contributed by atoms with Crippen molar-refractivity contribution in [3.63, 3.8) is 0 Å². The van der Waals surface area contributed by atoms with E-state index in [2.05, 4.69) is 26.7 Å². The fourth-order valence-electron chi connectivity index (χ4n) is 3.31. The third-order valence-corrected chi connectivity index (χ3v) is 5.60. The van der Waals surface area contributed by atoms with Crippen molar-refractivity contribution in [1.82, 2.24) is 10.4 Å². The topological polar surface area (TPSA) is 148 Å². The number of esters is 1. The van der Waals surface area contributed by atoms with Gasteiger partial charge in [-0.2, -0.15) is 0 Å². The second-order valence-corrected chi connectivity index (χ2v) is 8.38. The molecule has 1 saturated heterocycles. The van der Waals surface area contributed by atoms with Crippen molar-refractivity contribution >= 4 is 51.0 Å². The fourth-order valence-corrected chi connectivity index (χ4v) is 3.72. The zero-order valence-corrected chi connectivity index (χ0v) is 19.7. The maximum absolute atomic E-state index is 12.4. The smallest absolute Gasteiger partial charge is 0.311 e. The number of hydrogen-bond donors (Lipinski definition) is 2. The van der Waals surface area contributed by atoms with E-state index in [0.717, 1.165) is 15.0 Å². The Morgan fingerprint density at radius 2 is 1.91 bits per heavy atom. The highest BCUT2D eigenvalue weighted by Gasteiger charge is 2.36. The van der Waals surface area contributed by atoms with Crippen LogP contribution in [0, 0.1) is 16.0 Å². The third kappa shape index (κ3) is 6.16. The van der Waals surface area contributed by atoms with Gasteiger partial charge < -0.3 is 10.1 Å². The Labute approximate surface area is 202 Å². The van der Waals surface area contributed by atoms with Gasteiger partial charge in [-0.15, -0.1) is 0 Å². The van der Waals surface area contributed by atoms with E-state index in [9.17, 15) is 29.3 Å². The zero-order valence-electron chi connectivity index (χ0n) is 18.1. The van der Waals surface area contributed by atoms with E-state index in [-0.39, 0.29) is 24.2 Å². The summed E-state index contributed by atoms with van der Waals surface area (Å²) >= 11 is 3.37. The molecule has 3 rings (SSSR count). The molecular formula is C22H21BrN4O7. The number of hydrazine groups is 1. The Balaban J connectivity index is 1.50. The molecule has 1 heterocycles. The predicted molar refractivity (Wildman–Crippen MR) is 123 cm³/mol. The van der Waals surface area contributed by atoms with Gasteiger partial charge >= 0.3 is 5.97 Å². The standard InChI is InChI=1S/C22H21BrN4O7/c1-2-13-9-16(23)5-8-18(13)24-19(28)12-34-22(31)15-10-20(29)26(11-15)25-21(30)14-3-6-17(7-4-14)27(32)33/h3-9,15H,2,10-12H2,1H3,(H,24,28)(H,25,30)/t15-/m1/s1. The number of non-ortho nitro benzene ring substituents is 1. The maximum atomic E-state index is 12.4. The molecule has 178 valence electrons. The monoisotopic (exact) mass is 532 g/mol. The number of anilines is 1. The molecule has 2 aromatic rings. The Bertz CT molecular complexity index is 1140. The molecule has 0 aliphatic carbocycles. The normalized spacial score (nSPS) is 15.1. The first-order valence-electron chi connectivity index (χ1n) is 10.3. The number of rotatable bonds is 8. The molecule has 0 aromatic heterocycles. The van der Waals surface area contributed by atoms with Gasteiger partial charge in [0.05, 0.1) is 17.4 Å². The van der Waals surface area contributed by atoms with Gasteiger partial charge in [-0.1, -0.05) is 22.9 Å². The summed E-state index contributed by atoms with van der Waals surface area (Å²) in [6.07, 6.45) is 0.508. The summed E-state index contributed by atoms with van der Waals surface area (Å²) in [4.78, 5) is 59.2. The lowest BCUT2D eigenvalue weighted by Gasteiger charge is -2.17. The molecule has 0 unspecified atom stereocenters. The Hall–Kier alpha value is -3.80.